The molecule has 1 N–H and O–H groups in total. The zero-order chi connectivity index (χ0) is 14.8. The smallest absolute Gasteiger partial charge is 0.262 e. The maximum atomic E-state index is 12.7. The summed E-state index contributed by atoms with van der Waals surface area (Å²) in [5, 5.41) is 9.87. The van der Waals surface area contributed by atoms with E-state index in [1.165, 1.54) is 6.07 Å². The van der Waals surface area contributed by atoms with Crippen molar-refractivity contribution in [3.8, 4) is 5.75 Å². The largest absolute Gasteiger partial charge is 0.507 e. The topological polar surface area (TPSA) is 57.6 Å². The average Bonchev–Trinajstić information content (AvgIpc) is 2.67. The van der Waals surface area contributed by atoms with Gasteiger partial charge in [-0.3, -0.25) is 9.59 Å². The first kappa shape index (κ1) is 13.4. The Labute approximate surface area is 122 Å². The number of phenols is 1. The van der Waals surface area contributed by atoms with Gasteiger partial charge in [0.1, 0.15) is 5.75 Å². The number of fused-ring (bicyclic) bond motifs is 1. The van der Waals surface area contributed by atoms with Crippen LogP contribution in [-0.2, 0) is 0 Å². The number of Topliss-reactive ketones (excluding diaryl/α,β-unsaturated/α-hetero) is 1. The van der Waals surface area contributed by atoms with Crippen LogP contribution in [0.15, 0.2) is 48.5 Å². The number of aromatic hydroxyl groups is 1. The van der Waals surface area contributed by atoms with Crippen LogP contribution >= 0.6 is 0 Å². The number of hydrogen-bond donors (Lipinski definition) is 1. The molecule has 21 heavy (non-hydrogen) atoms. The molecule has 1 amide bonds. The third-order valence-electron chi connectivity index (χ3n) is 3.66. The molecule has 0 fully saturated rings. The number of para-hydroxylation sites is 2. The second kappa shape index (κ2) is 5.40. The van der Waals surface area contributed by atoms with E-state index < -0.39 is 0 Å². The summed E-state index contributed by atoms with van der Waals surface area (Å²) < 4.78 is 0. The minimum Gasteiger partial charge on any atom is -0.507 e. The summed E-state index contributed by atoms with van der Waals surface area (Å²) in [4.78, 5) is 26.4. The Morgan fingerprint density at radius 3 is 2.57 bits per heavy atom. The number of amides is 1. The zero-order valence-electron chi connectivity index (χ0n) is 11.5. The lowest BCUT2D eigenvalue weighted by atomic mass is 10.1. The number of carbonyl (C=O) groups is 2. The lowest BCUT2D eigenvalue weighted by Gasteiger charge is -2.22. The first-order valence-electron chi connectivity index (χ1n) is 6.90. The maximum absolute atomic E-state index is 12.7. The fourth-order valence-corrected chi connectivity index (χ4v) is 2.61. The van der Waals surface area contributed by atoms with Gasteiger partial charge in [-0.25, -0.2) is 0 Å². The quantitative estimate of drug-likeness (QED) is 0.874. The van der Waals surface area contributed by atoms with Gasteiger partial charge in [0.25, 0.3) is 5.91 Å². The van der Waals surface area contributed by atoms with Crippen LogP contribution in [0.3, 0.4) is 0 Å². The van der Waals surface area contributed by atoms with E-state index in [1.807, 2.05) is 6.07 Å². The summed E-state index contributed by atoms with van der Waals surface area (Å²) in [6.45, 7) is 0.468. The number of rotatable bonds is 1. The van der Waals surface area contributed by atoms with E-state index in [-0.39, 0.29) is 23.0 Å². The Balaban J connectivity index is 2.06. The summed E-state index contributed by atoms with van der Waals surface area (Å²) in [6.07, 6.45) is 1.05. The molecular formula is C17H15NO3. The average molecular weight is 281 g/mol. The van der Waals surface area contributed by atoms with Gasteiger partial charge in [0.15, 0.2) is 5.78 Å². The first-order valence-corrected chi connectivity index (χ1v) is 6.90. The highest BCUT2D eigenvalue weighted by atomic mass is 16.3. The van der Waals surface area contributed by atoms with E-state index in [1.54, 1.807) is 41.3 Å². The standard InChI is InChI=1S/C17H15NO3/c19-15-10-5-11-18(14-8-3-1-6-12(14)15)17(21)13-7-2-4-9-16(13)20/h1-4,6-9,20H,5,10-11H2. The van der Waals surface area contributed by atoms with Crippen LogP contribution in [-0.4, -0.2) is 23.3 Å². The molecule has 2 aromatic rings. The normalized spacial score (nSPS) is 14.5. The van der Waals surface area contributed by atoms with Gasteiger partial charge in [0, 0.05) is 18.5 Å². The van der Waals surface area contributed by atoms with Crippen LogP contribution in [0, 0.1) is 0 Å². The molecule has 0 bridgehead atoms. The summed E-state index contributed by atoms with van der Waals surface area (Å²) in [6, 6.07) is 13.6. The SMILES string of the molecule is O=C1CCCN(C(=O)c2ccccc2O)c2ccccc21. The molecule has 0 radical (unpaired) electrons. The molecule has 0 aromatic heterocycles. The fraction of sp³-hybridized carbons (Fsp3) is 0.176. The third kappa shape index (κ3) is 2.40. The van der Waals surface area contributed by atoms with Crippen molar-refractivity contribution in [3.63, 3.8) is 0 Å². The van der Waals surface area contributed by atoms with E-state index >= 15 is 0 Å². The van der Waals surface area contributed by atoms with Crippen LogP contribution in [0.5, 0.6) is 5.75 Å². The van der Waals surface area contributed by atoms with Crippen molar-refractivity contribution < 1.29 is 14.7 Å². The number of ketones is 1. The minimum absolute atomic E-state index is 0.0458. The molecule has 1 heterocycles. The molecule has 106 valence electrons. The van der Waals surface area contributed by atoms with Crippen LogP contribution in [0.25, 0.3) is 0 Å². The van der Waals surface area contributed by atoms with Crippen molar-refractivity contribution in [1.82, 2.24) is 0 Å². The van der Waals surface area contributed by atoms with Gasteiger partial charge in [-0.2, -0.15) is 0 Å². The van der Waals surface area contributed by atoms with Crippen LogP contribution in [0.4, 0.5) is 5.69 Å². The van der Waals surface area contributed by atoms with E-state index in [9.17, 15) is 14.7 Å². The second-order valence-corrected chi connectivity index (χ2v) is 5.02. The van der Waals surface area contributed by atoms with E-state index in [4.69, 9.17) is 0 Å². The molecule has 0 unspecified atom stereocenters. The molecule has 0 saturated heterocycles. The van der Waals surface area contributed by atoms with Crippen molar-refractivity contribution >= 4 is 17.4 Å². The minimum atomic E-state index is -0.282. The summed E-state index contributed by atoms with van der Waals surface area (Å²) in [5.74, 6) is -0.274. The Kier molecular flexibility index (Phi) is 3.44. The van der Waals surface area contributed by atoms with Crippen LogP contribution in [0.1, 0.15) is 33.6 Å². The van der Waals surface area contributed by atoms with Crippen LogP contribution < -0.4 is 4.90 Å². The Morgan fingerprint density at radius 1 is 1.05 bits per heavy atom. The zero-order valence-corrected chi connectivity index (χ0v) is 11.5. The van der Waals surface area contributed by atoms with Crippen molar-refractivity contribution in [1.29, 1.82) is 0 Å². The predicted molar refractivity (Wildman–Crippen MR) is 79.8 cm³/mol. The summed E-state index contributed by atoms with van der Waals surface area (Å²) >= 11 is 0. The maximum Gasteiger partial charge on any atom is 0.262 e. The van der Waals surface area contributed by atoms with E-state index in [0.29, 0.717) is 30.6 Å². The third-order valence-corrected chi connectivity index (χ3v) is 3.66. The molecule has 4 nitrogen and oxygen atoms in total. The first-order chi connectivity index (χ1) is 10.2. The summed E-state index contributed by atoms with van der Waals surface area (Å²) in [5.41, 5.74) is 1.44. The molecule has 2 aromatic carbocycles. The second-order valence-electron chi connectivity index (χ2n) is 5.02. The Bertz CT molecular complexity index is 709. The molecule has 0 atom stereocenters. The number of carbonyl (C=O) groups excluding carboxylic acids is 2. The van der Waals surface area contributed by atoms with E-state index in [2.05, 4.69) is 0 Å². The predicted octanol–water partition coefficient (Wildman–Crippen LogP) is 3.02. The lowest BCUT2D eigenvalue weighted by Crippen LogP contribution is -2.31. The molecular weight excluding hydrogens is 266 g/mol. The molecule has 0 aliphatic carbocycles. The van der Waals surface area contributed by atoms with Crippen molar-refractivity contribution in [2.45, 2.75) is 12.8 Å². The number of nitrogens with zero attached hydrogens (tertiary/aromatic N) is 1. The van der Waals surface area contributed by atoms with Gasteiger partial charge in [-0.1, -0.05) is 24.3 Å². The molecule has 4 heteroatoms. The number of hydrogen-bond acceptors (Lipinski definition) is 3. The van der Waals surface area contributed by atoms with E-state index in [0.717, 1.165) is 0 Å². The molecule has 1 aliphatic heterocycles. The Hall–Kier alpha value is -2.62. The van der Waals surface area contributed by atoms with Gasteiger partial charge in [0.05, 0.1) is 11.3 Å². The highest BCUT2D eigenvalue weighted by Crippen LogP contribution is 2.29. The monoisotopic (exact) mass is 281 g/mol. The van der Waals surface area contributed by atoms with Crippen molar-refractivity contribution in [2.75, 3.05) is 11.4 Å². The number of phenolic OH excluding ortho intramolecular Hbond substituents is 1. The highest BCUT2D eigenvalue weighted by Gasteiger charge is 2.26. The molecule has 3 rings (SSSR count). The van der Waals surface area contributed by atoms with Gasteiger partial charge in [0.2, 0.25) is 0 Å². The van der Waals surface area contributed by atoms with Gasteiger partial charge in [-0.05, 0) is 30.7 Å². The van der Waals surface area contributed by atoms with Crippen molar-refractivity contribution in [2.24, 2.45) is 0 Å². The van der Waals surface area contributed by atoms with Crippen LogP contribution in [0.2, 0.25) is 0 Å². The Morgan fingerprint density at radius 2 is 1.76 bits per heavy atom. The van der Waals surface area contributed by atoms with Gasteiger partial charge in [-0.15, -0.1) is 0 Å². The van der Waals surface area contributed by atoms with Crippen molar-refractivity contribution in [3.05, 3.63) is 59.7 Å². The molecule has 1 aliphatic rings. The van der Waals surface area contributed by atoms with Gasteiger partial charge < -0.3 is 10.0 Å². The highest BCUT2D eigenvalue weighted by molar-refractivity contribution is 6.12. The molecule has 0 saturated carbocycles. The number of benzene rings is 2. The molecule has 0 spiro atoms. The number of anilines is 1. The summed E-state index contributed by atoms with van der Waals surface area (Å²) in [7, 11) is 0. The van der Waals surface area contributed by atoms with Gasteiger partial charge >= 0.3 is 0 Å². The lowest BCUT2D eigenvalue weighted by molar-refractivity contribution is 0.0972. The fourth-order valence-electron chi connectivity index (χ4n) is 2.61.